The summed E-state index contributed by atoms with van der Waals surface area (Å²) >= 11 is 0. The van der Waals surface area contributed by atoms with Gasteiger partial charge >= 0.3 is 0 Å². The van der Waals surface area contributed by atoms with Gasteiger partial charge in [-0.1, -0.05) is 19.9 Å². The molecule has 0 unspecified atom stereocenters. The average molecular weight is 439 g/mol. The molecule has 0 aliphatic carbocycles. The standard InChI is InChI=1S/C25H34N4O3/c1-5-14-29(15-6-2)25(32)20-8-7-9-22(16-20)28-23(30)17-26-21-12-10-19(11-13-21)24(31)27-18(3)4/h7-13,16,18,26H,5-6,14-15,17H2,1-4H3,(H,27,31)(H,28,30). The van der Waals surface area contributed by atoms with Gasteiger partial charge in [-0.15, -0.1) is 0 Å². The predicted octanol–water partition coefficient (Wildman–Crippen LogP) is 4.14. The van der Waals surface area contributed by atoms with Gasteiger partial charge < -0.3 is 20.9 Å². The molecule has 0 aromatic heterocycles. The molecule has 0 fully saturated rings. The number of hydrogen-bond donors (Lipinski definition) is 3. The molecule has 32 heavy (non-hydrogen) atoms. The van der Waals surface area contributed by atoms with Gasteiger partial charge in [0.2, 0.25) is 5.91 Å². The summed E-state index contributed by atoms with van der Waals surface area (Å²) in [7, 11) is 0. The van der Waals surface area contributed by atoms with E-state index in [1.807, 2.05) is 32.6 Å². The van der Waals surface area contributed by atoms with Crippen LogP contribution < -0.4 is 16.0 Å². The summed E-state index contributed by atoms with van der Waals surface area (Å²) in [6, 6.07) is 14.0. The zero-order valence-corrected chi connectivity index (χ0v) is 19.4. The maximum Gasteiger partial charge on any atom is 0.253 e. The molecule has 0 bridgehead atoms. The fourth-order valence-electron chi connectivity index (χ4n) is 3.24. The second-order valence-corrected chi connectivity index (χ2v) is 7.98. The van der Waals surface area contributed by atoms with Gasteiger partial charge in [0.15, 0.2) is 0 Å². The molecule has 0 saturated carbocycles. The molecule has 7 heteroatoms. The van der Waals surface area contributed by atoms with E-state index in [1.165, 1.54) is 0 Å². The van der Waals surface area contributed by atoms with E-state index in [0.717, 1.165) is 18.5 Å². The summed E-state index contributed by atoms with van der Waals surface area (Å²) in [5.74, 6) is -0.380. The first-order chi connectivity index (χ1) is 15.3. The molecular weight excluding hydrogens is 404 g/mol. The number of nitrogens with zero attached hydrogens (tertiary/aromatic N) is 1. The summed E-state index contributed by atoms with van der Waals surface area (Å²) in [6.07, 6.45) is 1.80. The second kappa shape index (κ2) is 12.5. The van der Waals surface area contributed by atoms with E-state index in [-0.39, 0.29) is 30.3 Å². The summed E-state index contributed by atoms with van der Waals surface area (Å²) in [5, 5.41) is 8.71. The Morgan fingerprint density at radius 1 is 0.875 bits per heavy atom. The van der Waals surface area contributed by atoms with Crippen molar-refractivity contribution in [2.75, 3.05) is 30.3 Å². The number of amides is 3. The Bertz CT molecular complexity index is 904. The van der Waals surface area contributed by atoms with E-state index in [2.05, 4.69) is 16.0 Å². The molecule has 2 rings (SSSR count). The third-order valence-corrected chi connectivity index (χ3v) is 4.69. The van der Waals surface area contributed by atoms with Gasteiger partial charge in [0.25, 0.3) is 11.8 Å². The van der Waals surface area contributed by atoms with Crippen molar-refractivity contribution in [1.29, 1.82) is 0 Å². The Kier molecular flexibility index (Phi) is 9.73. The van der Waals surface area contributed by atoms with Crippen molar-refractivity contribution in [3.05, 3.63) is 59.7 Å². The quantitative estimate of drug-likeness (QED) is 0.492. The van der Waals surface area contributed by atoms with Crippen LogP contribution in [0.1, 0.15) is 61.3 Å². The first kappa shape index (κ1) is 24.9. The van der Waals surface area contributed by atoms with Crippen LogP contribution >= 0.6 is 0 Å². The zero-order valence-electron chi connectivity index (χ0n) is 19.4. The van der Waals surface area contributed by atoms with Crippen LogP contribution in [0.3, 0.4) is 0 Å². The Morgan fingerprint density at radius 3 is 2.12 bits per heavy atom. The minimum absolute atomic E-state index is 0.0236. The molecule has 3 N–H and O–H groups in total. The fourth-order valence-corrected chi connectivity index (χ4v) is 3.24. The first-order valence-corrected chi connectivity index (χ1v) is 11.2. The van der Waals surface area contributed by atoms with Crippen molar-refractivity contribution in [3.63, 3.8) is 0 Å². The topological polar surface area (TPSA) is 90.5 Å². The molecule has 7 nitrogen and oxygen atoms in total. The molecule has 0 radical (unpaired) electrons. The van der Waals surface area contributed by atoms with Gasteiger partial charge in [0.1, 0.15) is 0 Å². The van der Waals surface area contributed by atoms with E-state index in [0.29, 0.717) is 29.9 Å². The highest BCUT2D eigenvalue weighted by Gasteiger charge is 2.15. The molecule has 0 saturated heterocycles. The molecule has 2 aromatic rings. The van der Waals surface area contributed by atoms with Crippen LogP contribution in [0.4, 0.5) is 11.4 Å². The largest absolute Gasteiger partial charge is 0.376 e. The molecular formula is C25H34N4O3. The molecule has 172 valence electrons. The molecule has 0 aliphatic heterocycles. The maximum absolute atomic E-state index is 12.8. The van der Waals surface area contributed by atoms with E-state index < -0.39 is 0 Å². The van der Waals surface area contributed by atoms with Crippen molar-refractivity contribution in [2.24, 2.45) is 0 Å². The highest BCUT2D eigenvalue weighted by molar-refractivity contribution is 5.98. The SMILES string of the molecule is CCCN(CCC)C(=O)c1cccc(NC(=O)CNc2ccc(C(=O)NC(C)C)cc2)c1. The third kappa shape index (κ3) is 7.72. The van der Waals surface area contributed by atoms with Gasteiger partial charge in [-0.3, -0.25) is 14.4 Å². The molecule has 0 aliphatic rings. The number of benzene rings is 2. The van der Waals surface area contributed by atoms with Crippen LogP contribution in [0.15, 0.2) is 48.5 Å². The zero-order chi connectivity index (χ0) is 23.5. The van der Waals surface area contributed by atoms with Crippen molar-refractivity contribution in [3.8, 4) is 0 Å². The van der Waals surface area contributed by atoms with Gasteiger partial charge in [0, 0.05) is 41.6 Å². The Balaban J connectivity index is 1.92. The lowest BCUT2D eigenvalue weighted by atomic mass is 10.1. The maximum atomic E-state index is 12.8. The van der Waals surface area contributed by atoms with Crippen LogP contribution in [0.25, 0.3) is 0 Å². The van der Waals surface area contributed by atoms with Gasteiger partial charge in [-0.05, 0) is 69.2 Å². The molecule has 3 amide bonds. The van der Waals surface area contributed by atoms with Crippen LogP contribution in [-0.4, -0.2) is 48.3 Å². The van der Waals surface area contributed by atoms with Crippen LogP contribution in [0.5, 0.6) is 0 Å². The average Bonchev–Trinajstić information content (AvgIpc) is 2.77. The summed E-state index contributed by atoms with van der Waals surface area (Å²) in [5.41, 5.74) is 2.44. The van der Waals surface area contributed by atoms with E-state index >= 15 is 0 Å². The molecule has 0 heterocycles. The van der Waals surface area contributed by atoms with Crippen molar-refractivity contribution < 1.29 is 14.4 Å². The van der Waals surface area contributed by atoms with Crippen molar-refractivity contribution in [1.82, 2.24) is 10.2 Å². The van der Waals surface area contributed by atoms with E-state index in [1.54, 1.807) is 48.5 Å². The third-order valence-electron chi connectivity index (χ3n) is 4.69. The fraction of sp³-hybridized carbons (Fsp3) is 0.400. The summed E-state index contributed by atoms with van der Waals surface area (Å²) < 4.78 is 0. The first-order valence-electron chi connectivity index (χ1n) is 11.2. The number of hydrogen-bond acceptors (Lipinski definition) is 4. The van der Waals surface area contributed by atoms with Gasteiger partial charge in [-0.25, -0.2) is 0 Å². The molecule has 0 atom stereocenters. The van der Waals surface area contributed by atoms with Crippen LogP contribution in [0.2, 0.25) is 0 Å². The highest BCUT2D eigenvalue weighted by atomic mass is 16.2. The number of carbonyl (C=O) groups is 3. The lowest BCUT2D eigenvalue weighted by molar-refractivity contribution is -0.114. The lowest BCUT2D eigenvalue weighted by Crippen LogP contribution is -2.32. The van der Waals surface area contributed by atoms with Gasteiger partial charge in [-0.2, -0.15) is 0 Å². The van der Waals surface area contributed by atoms with Crippen LogP contribution in [0, 0.1) is 0 Å². The summed E-state index contributed by atoms with van der Waals surface area (Å²) in [6.45, 7) is 9.40. The molecule has 0 spiro atoms. The second-order valence-electron chi connectivity index (χ2n) is 7.98. The Labute approximate surface area is 190 Å². The number of anilines is 2. The van der Waals surface area contributed by atoms with E-state index in [9.17, 15) is 14.4 Å². The number of carbonyl (C=O) groups excluding carboxylic acids is 3. The predicted molar refractivity (Wildman–Crippen MR) is 129 cm³/mol. The van der Waals surface area contributed by atoms with Crippen molar-refractivity contribution >= 4 is 29.1 Å². The van der Waals surface area contributed by atoms with E-state index in [4.69, 9.17) is 0 Å². The minimum Gasteiger partial charge on any atom is -0.376 e. The van der Waals surface area contributed by atoms with Crippen molar-refractivity contribution in [2.45, 2.75) is 46.6 Å². The minimum atomic E-state index is -0.227. The highest BCUT2D eigenvalue weighted by Crippen LogP contribution is 2.14. The summed E-state index contributed by atoms with van der Waals surface area (Å²) in [4.78, 5) is 39.0. The number of rotatable bonds is 11. The number of nitrogens with one attached hydrogen (secondary N) is 3. The Morgan fingerprint density at radius 2 is 1.53 bits per heavy atom. The smallest absolute Gasteiger partial charge is 0.253 e. The Hall–Kier alpha value is -3.35. The normalized spacial score (nSPS) is 10.5. The van der Waals surface area contributed by atoms with Crippen LogP contribution in [-0.2, 0) is 4.79 Å². The monoisotopic (exact) mass is 438 g/mol. The van der Waals surface area contributed by atoms with Gasteiger partial charge in [0.05, 0.1) is 6.54 Å². The molecule has 2 aromatic carbocycles. The lowest BCUT2D eigenvalue weighted by Gasteiger charge is -2.21.